The fourth-order valence-electron chi connectivity index (χ4n) is 7.03. The Hall–Kier alpha value is -2.66. The standard InChI is InChI=1S/C27H32N2O7S/c1-11-6-14-7-15-8-29-16(9-30)18-19(24(36-13(3)31)12(2)25-26(18)35-10-34-25)27(37)21(29)20(28(15)4)17(14)22(32)23(11)33-5/h6,15-16,20-21,27,30,32,37H,7-10H2,1-5H3/t15-,16+,20+,21?,27-/m1/s1. The summed E-state index contributed by atoms with van der Waals surface area (Å²) >= 11 is 5.17. The number of aromatic hydroxyl groups is 1. The number of nitrogens with zero attached hydrogens (tertiary/aromatic N) is 2. The zero-order valence-electron chi connectivity index (χ0n) is 21.6. The Morgan fingerprint density at radius 1 is 1.19 bits per heavy atom. The molecule has 1 unspecified atom stereocenters. The van der Waals surface area contributed by atoms with Crippen molar-refractivity contribution in [2.24, 2.45) is 0 Å². The molecule has 2 N–H and O–H groups in total. The molecular formula is C27H32N2O7S. The molecule has 1 fully saturated rings. The normalized spacial score (nSPS) is 27.8. The van der Waals surface area contributed by atoms with E-state index in [2.05, 4.69) is 22.9 Å². The SMILES string of the molecule is COc1c(C)cc2c(c1O)[C@H]1C3[C@H](S)c4c(OC(C)=O)c(C)c5c(c4[C@H](CO)N3C[C@@H](C2)N1C)OCO5. The molecule has 0 radical (unpaired) electrons. The highest BCUT2D eigenvalue weighted by Crippen LogP contribution is 2.61. The van der Waals surface area contributed by atoms with E-state index in [0.29, 0.717) is 35.1 Å². The molecule has 4 aliphatic rings. The second kappa shape index (κ2) is 8.69. The molecule has 10 heteroatoms. The Morgan fingerprint density at radius 2 is 1.92 bits per heavy atom. The van der Waals surface area contributed by atoms with Gasteiger partial charge in [-0.25, -0.2) is 0 Å². The number of fused-ring (bicyclic) bond motifs is 9. The van der Waals surface area contributed by atoms with E-state index in [1.165, 1.54) is 6.92 Å². The number of thiol groups is 1. The Balaban J connectivity index is 1.61. The first-order valence-electron chi connectivity index (χ1n) is 12.5. The number of rotatable bonds is 3. The minimum Gasteiger partial charge on any atom is -0.504 e. The summed E-state index contributed by atoms with van der Waals surface area (Å²) in [7, 11) is 3.64. The molecule has 9 nitrogen and oxygen atoms in total. The highest BCUT2D eigenvalue weighted by molar-refractivity contribution is 7.80. The van der Waals surface area contributed by atoms with E-state index in [9.17, 15) is 15.0 Å². The first-order chi connectivity index (χ1) is 17.7. The maximum atomic E-state index is 12.2. The topological polar surface area (TPSA) is 101 Å². The number of aliphatic hydroxyl groups excluding tert-OH is 1. The highest BCUT2D eigenvalue weighted by atomic mass is 32.1. The van der Waals surface area contributed by atoms with Crippen molar-refractivity contribution in [3.05, 3.63) is 39.4 Å². The van der Waals surface area contributed by atoms with Crippen LogP contribution in [0.3, 0.4) is 0 Å². The molecule has 0 saturated carbocycles. The average molecular weight is 529 g/mol. The number of benzene rings is 2. The van der Waals surface area contributed by atoms with Gasteiger partial charge in [-0.2, -0.15) is 12.6 Å². The third-order valence-corrected chi connectivity index (χ3v) is 9.07. The van der Waals surface area contributed by atoms with Crippen LogP contribution in [0.25, 0.3) is 0 Å². The van der Waals surface area contributed by atoms with Crippen LogP contribution in [-0.2, 0) is 11.2 Å². The Kier molecular flexibility index (Phi) is 5.79. The zero-order chi connectivity index (χ0) is 26.3. The maximum Gasteiger partial charge on any atom is 0.308 e. The van der Waals surface area contributed by atoms with Gasteiger partial charge in [0.15, 0.2) is 23.0 Å². The van der Waals surface area contributed by atoms with Crippen LogP contribution in [0.1, 0.15) is 57.6 Å². The number of likely N-dealkylation sites (N-methyl/N-ethyl adjacent to an activating group) is 1. The fraction of sp³-hybridized carbons (Fsp3) is 0.519. The van der Waals surface area contributed by atoms with Gasteiger partial charge in [-0.3, -0.25) is 14.6 Å². The number of methoxy groups -OCH3 is 1. The van der Waals surface area contributed by atoms with E-state index in [4.69, 9.17) is 31.6 Å². The molecular weight excluding hydrogens is 496 g/mol. The van der Waals surface area contributed by atoms with Crippen LogP contribution in [0.2, 0.25) is 0 Å². The van der Waals surface area contributed by atoms with Gasteiger partial charge in [0.05, 0.1) is 25.8 Å². The first kappa shape index (κ1) is 24.7. The number of phenols is 1. The Labute approximate surface area is 221 Å². The number of phenolic OH excluding ortho intramolecular Hbond substituents is 1. The molecule has 0 spiro atoms. The predicted molar refractivity (Wildman–Crippen MR) is 138 cm³/mol. The molecule has 6 rings (SSSR count). The van der Waals surface area contributed by atoms with Crippen LogP contribution in [0.15, 0.2) is 6.07 Å². The van der Waals surface area contributed by atoms with Crippen molar-refractivity contribution in [3.63, 3.8) is 0 Å². The number of carbonyl (C=O) groups excluding carboxylic acids is 1. The number of aliphatic hydroxyl groups is 1. The molecule has 1 saturated heterocycles. The minimum atomic E-state index is -0.450. The molecule has 0 amide bonds. The summed E-state index contributed by atoms with van der Waals surface area (Å²) in [6.07, 6.45) is 0.760. The second-order valence-electron chi connectivity index (χ2n) is 10.4. The van der Waals surface area contributed by atoms with Crippen LogP contribution < -0.4 is 18.9 Å². The number of hydrogen-bond acceptors (Lipinski definition) is 10. The summed E-state index contributed by atoms with van der Waals surface area (Å²) < 4.78 is 23.1. The lowest BCUT2D eigenvalue weighted by atomic mass is 9.73. The minimum absolute atomic E-state index is 0.0549. The number of aryl methyl sites for hydroxylation is 1. The molecule has 2 bridgehead atoms. The van der Waals surface area contributed by atoms with Crippen molar-refractivity contribution in [1.82, 2.24) is 9.80 Å². The van der Waals surface area contributed by atoms with E-state index >= 15 is 0 Å². The van der Waals surface area contributed by atoms with E-state index in [-0.39, 0.29) is 37.3 Å². The van der Waals surface area contributed by atoms with E-state index in [1.54, 1.807) is 7.11 Å². The quantitative estimate of drug-likeness (QED) is 0.315. The molecule has 0 aliphatic carbocycles. The van der Waals surface area contributed by atoms with Gasteiger partial charge >= 0.3 is 5.97 Å². The van der Waals surface area contributed by atoms with Crippen LogP contribution in [-0.4, -0.2) is 72.2 Å². The number of hydrogen-bond donors (Lipinski definition) is 3. The van der Waals surface area contributed by atoms with Gasteiger partial charge in [-0.05, 0) is 38.4 Å². The Morgan fingerprint density at radius 3 is 2.59 bits per heavy atom. The highest BCUT2D eigenvalue weighted by Gasteiger charge is 2.55. The van der Waals surface area contributed by atoms with Crippen molar-refractivity contribution >= 4 is 18.6 Å². The van der Waals surface area contributed by atoms with Crippen molar-refractivity contribution in [2.75, 3.05) is 34.1 Å². The number of ether oxygens (including phenoxy) is 4. The number of esters is 1. The third-order valence-electron chi connectivity index (χ3n) is 8.51. The van der Waals surface area contributed by atoms with E-state index < -0.39 is 17.3 Å². The van der Waals surface area contributed by atoms with Crippen molar-refractivity contribution in [3.8, 4) is 28.7 Å². The number of carbonyl (C=O) groups is 1. The summed E-state index contributed by atoms with van der Waals surface area (Å²) in [6.45, 7) is 5.73. The van der Waals surface area contributed by atoms with Gasteiger partial charge in [0.1, 0.15) is 5.75 Å². The monoisotopic (exact) mass is 528 g/mol. The van der Waals surface area contributed by atoms with Crippen molar-refractivity contribution < 1.29 is 34.0 Å². The largest absolute Gasteiger partial charge is 0.504 e. The van der Waals surface area contributed by atoms with E-state index in [1.807, 2.05) is 13.8 Å². The van der Waals surface area contributed by atoms with Crippen molar-refractivity contribution in [1.29, 1.82) is 0 Å². The van der Waals surface area contributed by atoms with Gasteiger partial charge in [0.2, 0.25) is 6.79 Å². The van der Waals surface area contributed by atoms with Gasteiger partial charge < -0.3 is 29.2 Å². The predicted octanol–water partition coefficient (Wildman–Crippen LogP) is 2.97. The molecule has 5 atom stereocenters. The van der Waals surface area contributed by atoms with Gasteiger partial charge in [0, 0.05) is 53.1 Å². The molecule has 4 aliphatic heterocycles. The molecule has 198 valence electrons. The fourth-order valence-corrected chi connectivity index (χ4v) is 7.62. The lowest BCUT2D eigenvalue weighted by Gasteiger charge is -2.59. The summed E-state index contributed by atoms with van der Waals surface area (Å²) in [5.74, 6) is 1.66. The summed E-state index contributed by atoms with van der Waals surface area (Å²) in [5, 5.41) is 21.8. The third kappa shape index (κ3) is 3.32. The first-order valence-corrected chi connectivity index (χ1v) is 13.0. The lowest BCUT2D eigenvalue weighted by molar-refractivity contribution is -0.132. The lowest BCUT2D eigenvalue weighted by Crippen LogP contribution is -2.64. The van der Waals surface area contributed by atoms with Crippen LogP contribution in [0.4, 0.5) is 0 Å². The van der Waals surface area contributed by atoms with Gasteiger partial charge in [-0.15, -0.1) is 0 Å². The van der Waals surface area contributed by atoms with Gasteiger partial charge in [-0.1, -0.05) is 6.07 Å². The maximum absolute atomic E-state index is 12.2. The molecule has 2 aromatic rings. The smallest absolute Gasteiger partial charge is 0.308 e. The summed E-state index contributed by atoms with van der Waals surface area (Å²) in [4.78, 5) is 16.8. The number of piperazine rings is 1. The molecule has 0 aromatic heterocycles. The van der Waals surface area contributed by atoms with Crippen LogP contribution >= 0.6 is 12.6 Å². The van der Waals surface area contributed by atoms with Crippen LogP contribution in [0, 0.1) is 13.8 Å². The zero-order valence-corrected chi connectivity index (χ0v) is 22.5. The average Bonchev–Trinajstić information content (AvgIpc) is 3.33. The molecule has 37 heavy (non-hydrogen) atoms. The molecule has 4 heterocycles. The van der Waals surface area contributed by atoms with Gasteiger partial charge in [0.25, 0.3) is 0 Å². The van der Waals surface area contributed by atoms with Crippen molar-refractivity contribution in [2.45, 2.75) is 56.6 Å². The summed E-state index contributed by atoms with van der Waals surface area (Å²) in [5.41, 5.74) is 4.94. The molecule has 2 aromatic carbocycles. The van der Waals surface area contributed by atoms with E-state index in [0.717, 1.165) is 34.2 Å². The van der Waals surface area contributed by atoms with Crippen LogP contribution in [0.5, 0.6) is 28.7 Å². The summed E-state index contributed by atoms with van der Waals surface area (Å²) in [6, 6.07) is 1.36. The second-order valence-corrected chi connectivity index (χ2v) is 10.9. The Bertz CT molecular complexity index is 1310.